The molecule has 0 saturated heterocycles. The van der Waals surface area contributed by atoms with Gasteiger partial charge in [0.25, 0.3) is 5.91 Å². The number of ether oxygens (including phenoxy) is 1. The Bertz CT molecular complexity index is 861. The molecule has 2 rings (SSSR count). The Hall–Kier alpha value is -1.88. The van der Waals surface area contributed by atoms with Crippen molar-refractivity contribution in [1.82, 2.24) is 5.32 Å². The third-order valence-corrected chi connectivity index (χ3v) is 5.12. The Labute approximate surface area is 193 Å². The van der Waals surface area contributed by atoms with E-state index in [9.17, 15) is 9.18 Å². The molecule has 2 atom stereocenters. The smallest absolute Gasteiger partial charge is 0.268 e. The first-order chi connectivity index (χ1) is 14.5. The number of aryl methyl sites for hydroxylation is 1. The number of benzene rings is 2. The SMILES string of the molecule is C/C(S)=C(/N)C(=O)NCc1cc(CC(C)OC(C)C)ccc1P.Cc1ccc(F)cc1. The number of hydrogen-bond donors (Lipinski definition) is 3. The lowest BCUT2D eigenvalue weighted by atomic mass is 10.1. The summed E-state index contributed by atoms with van der Waals surface area (Å²) in [6.07, 6.45) is 1.20. The Morgan fingerprint density at radius 1 is 1.19 bits per heavy atom. The Balaban J connectivity index is 0.000000500. The van der Waals surface area contributed by atoms with Crippen LogP contribution in [0.3, 0.4) is 0 Å². The number of rotatable bonds is 7. The van der Waals surface area contributed by atoms with E-state index in [4.69, 9.17) is 10.5 Å². The summed E-state index contributed by atoms with van der Waals surface area (Å²) in [5.74, 6) is -0.473. The Morgan fingerprint density at radius 2 is 1.81 bits per heavy atom. The van der Waals surface area contributed by atoms with Gasteiger partial charge in [0.05, 0.1) is 12.2 Å². The van der Waals surface area contributed by atoms with E-state index in [-0.39, 0.29) is 29.6 Å². The molecule has 4 nitrogen and oxygen atoms in total. The van der Waals surface area contributed by atoms with Gasteiger partial charge in [0.1, 0.15) is 11.5 Å². The van der Waals surface area contributed by atoms with Crippen molar-refractivity contribution < 1.29 is 13.9 Å². The van der Waals surface area contributed by atoms with E-state index in [1.807, 2.05) is 26.8 Å². The van der Waals surface area contributed by atoms with E-state index >= 15 is 0 Å². The molecule has 0 aliphatic rings. The highest BCUT2D eigenvalue weighted by Crippen LogP contribution is 2.12. The van der Waals surface area contributed by atoms with E-state index in [2.05, 4.69) is 46.2 Å². The fourth-order valence-electron chi connectivity index (χ4n) is 2.75. The normalized spacial score (nSPS) is 12.5. The summed E-state index contributed by atoms with van der Waals surface area (Å²) in [7, 11) is 2.69. The third-order valence-electron chi connectivity index (χ3n) is 4.32. The number of nitrogens with one attached hydrogen (secondary N) is 1. The first-order valence-electron chi connectivity index (χ1n) is 10.2. The van der Waals surface area contributed by atoms with Crippen LogP contribution in [-0.4, -0.2) is 18.1 Å². The Kier molecular flexibility index (Phi) is 11.8. The van der Waals surface area contributed by atoms with Gasteiger partial charge >= 0.3 is 0 Å². The van der Waals surface area contributed by atoms with Gasteiger partial charge in [-0.1, -0.05) is 35.9 Å². The van der Waals surface area contributed by atoms with Gasteiger partial charge < -0.3 is 15.8 Å². The van der Waals surface area contributed by atoms with Crippen LogP contribution < -0.4 is 16.4 Å². The average molecular weight is 465 g/mol. The predicted octanol–water partition coefficient (Wildman–Crippen LogP) is 4.41. The minimum Gasteiger partial charge on any atom is -0.394 e. The first kappa shape index (κ1) is 27.2. The van der Waals surface area contributed by atoms with Crippen molar-refractivity contribution in [2.45, 2.75) is 59.8 Å². The second kappa shape index (κ2) is 13.5. The van der Waals surface area contributed by atoms with Gasteiger partial charge in [0, 0.05) is 11.4 Å². The molecule has 0 aliphatic carbocycles. The van der Waals surface area contributed by atoms with E-state index in [1.54, 1.807) is 19.1 Å². The van der Waals surface area contributed by atoms with Crippen molar-refractivity contribution in [3.8, 4) is 0 Å². The second-order valence-corrected chi connectivity index (χ2v) is 9.00. The molecule has 7 heteroatoms. The number of halogens is 1. The van der Waals surface area contributed by atoms with Gasteiger partial charge in [-0.15, -0.1) is 21.9 Å². The van der Waals surface area contributed by atoms with Crippen LogP contribution in [0.2, 0.25) is 0 Å². The van der Waals surface area contributed by atoms with Gasteiger partial charge in [0.2, 0.25) is 0 Å². The van der Waals surface area contributed by atoms with Crippen LogP contribution in [0.5, 0.6) is 0 Å². The van der Waals surface area contributed by atoms with Gasteiger partial charge in [-0.05, 0) is 69.6 Å². The molecule has 2 aromatic carbocycles. The molecule has 170 valence electrons. The van der Waals surface area contributed by atoms with Crippen LogP contribution >= 0.6 is 21.9 Å². The Morgan fingerprint density at radius 3 is 2.32 bits per heavy atom. The highest BCUT2D eigenvalue weighted by Gasteiger charge is 2.10. The fourth-order valence-corrected chi connectivity index (χ4v) is 3.14. The maximum absolute atomic E-state index is 12.1. The number of hydrogen-bond acceptors (Lipinski definition) is 4. The molecule has 2 unspecified atom stereocenters. The van der Waals surface area contributed by atoms with Crippen LogP contribution in [0.15, 0.2) is 53.1 Å². The van der Waals surface area contributed by atoms with E-state index < -0.39 is 0 Å². The molecule has 31 heavy (non-hydrogen) atoms. The number of allylic oxidation sites excluding steroid dienone is 1. The van der Waals surface area contributed by atoms with Gasteiger partial charge in [-0.2, -0.15) is 0 Å². The number of nitrogens with two attached hydrogens (primary N) is 1. The summed E-state index contributed by atoms with van der Waals surface area (Å²) in [5, 5.41) is 3.87. The van der Waals surface area contributed by atoms with Crippen molar-refractivity contribution in [2.75, 3.05) is 0 Å². The summed E-state index contributed by atoms with van der Waals surface area (Å²) in [4.78, 5) is 12.4. The highest BCUT2D eigenvalue weighted by atomic mass is 32.1. The molecule has 0 spiro atoms. The van der Waals surface area contributed by atoms with E-state index in [0.717, 1.165) is 22.9 Å². The van der Waals surface area contributed by atoms with E-state index in [1.165, 1.54) is 17.7 Å². The lowest BCUT2D eigenvalue weighted by Crippen LogP contribution is -2.30. The lowest BCUT2D eigenvalue weighted by molar-refractivity contribution is -0.117. The minimum atomic E-state index is -0.302. The van der Waals surface area contributed by atoms with Crippen LogP contribution in [0.4, 0.5) is 4.39 Å². The maximum Gasteiger partial charge on any atom is 0.268 e. The zero-order chi connectivity index (χ0) is 23.6. The molecule has 0 aliphatic heterocycles. The first-order valence-corrected chi connectivity index (χ1v) is 11.2. The van der Waals surface area contributed by atoms with Crippen molar-refractivity contribution in [3.05, 3.63) is 75.6 Å². The van der Waals surface area contributed by atoms with Gasteiger partial charge in [0.15, 0.2) is 0 Å². The average Bonchev–Trinajstić information content (AvgIpc) is 2.69. The summed E-state index contributed by atoms with van der Waals surface area (Å²) in [6, 6.07) is 12.6. The van der Waals surface area contributed by atoms with Gasteiger partial charge in [-0.3, -0.25) is 4.79 Å². The summed E-state index contributed by atoms with van der Waals surface area (Å²) < 4.78 is 17.9. The lowest BCUT2D eigenvalue weighted by Gasteiger charge is -2.17. The molecule has 2 aromatic rings. The maximum atomic E-state index is 12.1. The molecule has 3 N–H and O–H groups in total. The van der Waals surface area contributed by atoms with Crippen LogP contribution in [-0.2, 0) is 22.5 Å². The fraction of sp³-hybridized carbons (Fsp3) is 0.375. The summed E-state index contributed by atoms with van der Waals surface area (Å²) in [6.45, 7) is 10.2. The third kappa shape index (κ3) is 10.8. The van der Waals surface area contributed by atoms with E-state index in [0.29, 0.717) is 11.4 Å². The quantitative estimate of drug-likeness (QED) is 0.323. The molecule has 0 heterocycles. The number of amides is 1. The molecule has 0 fully saturated rings. The second-order valence-electron chi connectivity index (χ2n) is 7.71. The largest absolute Gasteiger partial charge is 0.394 e. The number of carbonyl (C=O) groups is 1. The number of thiol groups is 1. The van der Waals surface area contributed by atoms with Crippen LogP contribution in [0.1, 0.15) is 44.4 Å². The van der Waals surface area contributed by atoms with Crippen molar-refractivity contribution in [3.63, 3.8) is 0 Å². The number of carbonyl (C=O) groups excluding carboxylic acids is 1. The summed E-state index contributed by atoms with van der Waals surface area (Å²) >= 11 is 4.09. The van der Waals surface area contributed by atoms with Gasteiger partial charge in [-0.25, -0.2) is 4.39 Å². The molecular formula is C24H34FN2O2PS. The van der Waals surface area contributed by atoms with Crippen molar-refractivity contribution in [2.24, 2.45) is 5.73 Å². The molecule has 0 saturated carbocycles. The minimum absolute atomic E-state index is 0.147. The molecule has 1 amide bonds. The van der Waals surface area contributed by atoms with Crippen LogP contribution in [0, 0.1) is 12.7 Å². The summed E-state index contributed by atoms with van der Waals surface area (Å²) in [5.41, 5.74) is 9.14. The monoisotopic (exact) mass is 464 g/mol. The molecule has 0 radical (unpaired) electrons. The standard InChI is InChI=1S/C17H27N2O2PS.C7H7F/c1-10(2)21-11(3)7-13-5-6-15(22)14(8-13)9-19-17(20)16(18)12(4)23;1-6-2-4-7(8)5-3-6/h5-6,8,10-11,23H,7,9,18,22H2,1-4H3,(H,19,20);2-5H,1H3/b16-12-;. The zero-order valence-corrected chi connectivity index (χ0v) is 21.0. The zero-order valence-electron chi connectivity index (χ0n) is 18.9. The van der Waals surface area contributed by atoms with Crippen LogP contribution in [0.25, 0.3) is 0 Å². The van der Waals surface area contributed by atoms with Crippen molar-refractivity contribution in [1.29, 1.82) is 0 Å². The van der Waals surface area contributed by atoms with Crippen molar-refractivity contribution >= 4 is 33.1 Å². The predicted molar refractivity (Wildman–Crippen MR) is 134 cm³/mol. The topological polar surface area (TPSA) is 64.4 Å². The molecule has 0 bridgehead atoms. The molecule has 0 aromatic heterocycles. The molecular weight excluding hydrogens is 430 g/mol. The highest BCUT2D eigenvalue weighted by molar-refractivity contribution is 7.84.